The maximum Gasteiger partial charge on any atom is 0.513 e. The largest absolute Gasteiger partial charge is 0.513 e. The smallest absolute Gasteiger partial charge is 0.434 e. The van der Waals surface area contributed by atoms with Crippen LogP contribution >= 0.6 is 11.6 Å². The summed E-state index contributed by atoms with van der Waals surface area (Å²) < 4.78 is 9.74. The molecule has 4 heteroatoms. The van der Waals surface area contributed by atoms with Gasteiger partial charge in [-0.15, -0.1) is 0 Å². The van der Waals surface area contributed by atoms with Gasteiger partial charge in [-0.1, -0.05) is 25.4 Å². The number of rotatable bonds is 3. The number of benzene rings is 1. The molecule has 0 spiro atoms. The van der Waals surface area contributed by atoms with Crippen molar-refractivity contribution in [1.82, 2.24) is 0 Å². The predicted molar refractivity (Wildman–Crippen MR) is 58.3 cm³/mol. The van der Waals surface area contributed by atoms with E-state index in [1.54, 1.807) is 24.3 Å². The van der Waals surface area contributed by atoms with E-state index in [1.807, 2.05) is 13.8 Å². The molecule has 0 heterocycles. The quantitative estimate of drug-likeness (QED) is 0.587. The van der Waals surface area contributed by atoms with Crippen LogP contribution in [0.2, 0.25) is 5.02 Å². The Morgan fingerprint density at radius 2 is 1.93 bits per heavy atom. The fourth-order valence-corrected chi connectivity index (χ4v) is 0.989. The summed E-state index contributed by atoms with van der Waals surface area (Å²) in [4.78, 5) is 11.1. The summed E-state index contributed by atoms with van der Waals surface area (Å²) in [6, 6.07) is 6.51. The molecule has 0 saturated carbocycles. The minimum atomic E-state index is -0.689. The van der Waals surface area contributed by atoms with Gasteiger partial charge in [-0.05, 0) is 30.2 Å². The van der Waals surface area contributed by atoms with Crippen molar-refractivity contribution in [2.24, 2.45) is 5.92 Å². The minimum absolute atomic E-state index is 0.294. The summed E-state index contributed by atoms with van der Waals surface area (Å²) in [6.45, 7) is 4.26. The van der Waals surface area contributed by atoms with Crippen molar-refractivity contribution >= 4 is 17.8 Å². The normalized spacial score (nSPS) is 10.1. The van der Waals surface area contributed by atoms with Gasteiger partial charge in [0.2, 0.25) is 0 Å². The first-order valence-electron chi connectivity index (χ1n) is 4.68. The van der Waals surface area contributed by atoms with Crippen LogP contribution in [-0.4, -0.2) is 12.8 Å². The fraction of sp³-hybridized carbons (Fsp3) is 0.364. The molecule has 0 fully saturated rings. The Hall–Kier alpha value is -1.22. The second-order valence-corrected chi connectivity index (χ2v) is 3.95. The Bertz CT molecular complexity index is 319. The van der Waals surface area contributed by atoms with Crippen molar-refractivity contribution in [2.45, 2.75) is 13.8 Å². The second kappa shape index (κ2) is 5.61. The minimum Gasteiger partial charge on any atom is -0.434 e. The summed E-state index contributed by atoms with van der Waals surface area (Å²) in [5.41, 5.74) is 0. The average Bonchev–Trinajstić information content (AvgIpc) is 2.19. The lowest BCUT2D eigenvalue weighted by molar-refractivity contribution is 0.0886. The Balaban J connectivity index is 2.41. The number of ether oxygens (including phenoxy) is 2. The summed E-state index contributed by atoms with van der Waals surface area (Å²) in [5.74, 6) is 0.718. The van der Waals surface area contributed by atoms with Gasteiger partial charge in [0.15, 0.2) is 0 Å². The maximum atomic E-state index is 11.1. The first kappa shape index (κ1) is 11.9. The molecular formula is C11H13ClO3. The monoisotopic (exact) mass is 228 g/mol. The third-order valence-corrected chi connectivity index (χ3v) is 1.80. The first-order chi connectivity index (χ1) is 7.08. The van der Waals surface area contributed by atoms with E-state index in [0.717, 1.165) is 0 Å². The Morgan fingerprint density at radius 1 is 1.33 bits per heavy atom. The van der Waals surface area contributed by atoms with Crippen molar-refractivity contribution < 1.29 is 14.3 Å². The molecule has 1 aromatic carbocycles. The molecule has 0 aliphatic heterocycles. The Morgan fingerprint density at radius 3 is 2.47 bits per heavy atom. The SMILES string of the molecule is CC(C)COC(=O)Oc1ccc(Cl)cc1. The van der Waals surface area contributed by atoms with Crippen LogP contribution in [0.4, 0.5) is 4.79 Å². The van der Waals surface area contributed by atoms with E-state index in [1.165, 1.54) is 0 Å². The molecule has 0 aliphatic rings. The third-order valence-electron chi connectivity index (χ3n) is 1.55. The number of hydrogen-bond acceptors (Lipinski definition) is 3. The Labute approximate surface area is 93.9 Å². The molecule has 15 heavy (non-hydrogen) atoms. The van der Waals surface area contributed by atoms with Crippen LogP contribution in [0.3, 0.4) is 0 Å². The zero-order valence-electron chi connectivity index (χ0n) is 8.70. The zero-order valence-corrected chi connectivity index (χ0v) is 9.45. The highest BCUT2D eigenvalue weighted by molar-refractivity contribution is 6.30. The van der Waals surface area contributed by atoms with E-state index in [0.29, 0.717) is 23.3 Å². The van der Waals surface area contributed by atoms with Crippen molar-refractivity contribution in [1.29, 1.82) is 0 Å². The molecule has 1 rings (SSSR count). The highest BCUT2D eigenvalue weighted by Gasteiger charge is 2.06. The van der Waals surface area contributed by atoms with E-state index < -0.39 is 6.16 Å². The van der Waals surface area contributed by atoms with Crippen LogP contribution in [0.5, 0.6) is 5.75 Å². The van der Waals surface area contributed by atoms with Crippen molar-refractivity contribution in [2.75, 3.05) is 6.61 Å². The van der Waals surface area contributed by atoms with E-state index >= 15 is 0 Å². The van der Waals surface area contributed by atoms with Gasteiger partial charge in [0, 0.05) is 5.02 Å². The molecule has 1 aromatic rings. The van der Waals surface area contributed by atoms with E-state index in [2.05, 4.69) is 0 Å². The molecular weight excluding hydrogens is 216 g/mol. The molecule has 0 aromatic heterocycles. The number of halogens is 1. The van der Waals surface area contributed by atoms with Crippen LogP contribution in [0, 0.1) is 5.92 Å². The molecule has 0 aliphatic carbocycles. The number of carbonyl (C=O) groups is 1. The van der Waals surface area contributed by atoms with Crippen LogP contribution in [0.25, 0.3) is 0 Å². The number of hydrogen-bond donors (Lipinski definition) is 0. The standard InChI is InChI=1S/C11H13ClO3/c1-8(2)7-14-11(13)15-10-5-3-9(12)4-6-10/h3-6,8H,7H2,1-2H3. The van der Waals surface area contributed by atoms with Crippen LogP contribution < -0.4 is 4.74 Å². The van der Waals surface area contributed by atoms with Gasteiger partial charge in [-0.25, -0.2) is 4.79 Å². The number of carbonyl (C=O) groups excluding carboxylic acids is 1. The fourth-order valence-electron chi connectivity index (χ4n) is 0.863. The summed E-state index contributed by atoms with van der Waals surface area (Å²) in [5, 5.41) is 0.595. The average molecular weight is 229 g/mol. The predicted octanol–water partition coefficient (Wildman–Crippen LogP) is 3.51. The zero-order chi connectivity index (χ0) is 11.3. The highest BCUT2D eigenvalue weighted by Crippen LogP contribution is 2.15. The molecule has 0 N–H and O–H groups in total. The van der Waals surface area contributed by atoms with Gasteiger partial charge in [0.1, 0.15) is 5.75 Å². The van der Waals surface area contributed by atoms with Gasteiger partial charge in [0.05, 0.1) is 6.61 Å². The van der Waals surface area contributed by atoms with Crippen molar-refractivity contribution in [3.05, 3.63) is 29.3 Å². The molecule has 3 nitrogen and oxygen atoms in total. The van der Waals surface area contributed by atoms with Crippen molar-refractivity contribution in [3.8, 4) is 5.75 Å². The van der Waals surface area contributed by atoms with Crippen molar-refractivity contribution in [3.63, 3.8) is 0 Å². The highest BCUT2D eigenvalue weighted by atomic mass is 35.5. The van der Waals surface area contributed by atoms with Gasteiger partial charge < -0.3 is 9.47 Å². The summed E-state index contributed by atoms with van der Waals surface area (Å²) in [7, 11) is 0. The van der Waals surface area contributed by atoms with Crippen LogP contribution in [0.15, 0.2) is 24.3 Å². The van der Waals surface area contributed by atoms with E-state index in [9.17, 15) is 4.79 Å². The van der Waals surface area contributed by atoms with Gasteiger partial charge in [-0.3, -0.25) is 0 Å². The lowest BCUT2D eigenvalue weighted by atomic mass is 10.2. The molecule has 82 valence electrons. The lowest BCUT2D eigenvalue weighted by Crippen LogP contribution is -2.14. The second-order valence-electron chi connectivity index (χ2n) is 3.51. The molecule has 0 unspecified atom stereocenters. The molecule has 0 amide bonds. The molecule has 0 atom stereocenters. The van der Waals surface area contributed by atoms with Crippen LogP contribution in [-0.2, 0) is 4.74 Å². The van der Waals surface area contributed by atoms with Crippen LogP contribution in [0.1, 0.15) is 13.8 Å². The topological polar surface area (TPSA) is 35.5 Å². The third kappa shape index (κ3) is 4.70. The summed E-state index contributed by atoms with van der Waals surface area (Å²) in [6.07, 6.45) is -0.689. The lowest BCUT2D eigenvalue weighted by Gasteiger charge is -2.07. The van der Waals surface area contributed by atoms with Gasteiger partial charge in [0.25, 0.3) is 0 Å². The maximum absolute atomic E-state index is 11.1. The van der Waals surface area contributed by atoms with E-state index in [-0.39, 0.29) is 0 Å². The van der Waals surface area contributed by atoms with E-state index in [4.69, 9.17) is 21.1 Å². The Kier molecular flexibility index (Phi) is 4.43. The van der Waals surface area contributed by atoms with Gasteiger partial charge >= 0.3 is 6.16 Å². The first-order valence-corrected chi connectivity index (χ1v) is 5.06. The molecule has 0 saturated heterocycles. The van der Waals surface area contributed by atoms with Gasteiger partial charge in [-0.2, -0.15) is 0 Å². The summed E-state index contributed by atoms with van der Waals surface area (Å²) >= 11 is 5.68. The molecule has 0 radical (unpaired) electrons. The molecule has 0 bridgehead atoms.